The maximum Gasteiger partial charge on any atom is 0.306 e. The number of fused-ring (bicyclic) bond motifs is 3. The lowest BCUT2D eigenvalue weighted by Crippen LogP contribution is -2.48. The first-order chi connectivity index (χ1) is 23.7. The predicted octanol–water partition coefficient (Wildman–Crippen LogP) is 5.06. The number of carbonyl (C=O) groups excluding carboxylic acids is 4. The van der Waals surface area contributed by atoms with E-state index >= 15 is 0 Å². The number of hydrogen-bond acceptors (Lipinski definition) is 9. The van der Waals surface area contributed by atoms with Crippen molar-refractivity contribution in [1.29, 1.82) is 0 Å². The molecule has 0 unspecified atom stereocenters. The highest BCUT2D eigenvalue weighted by atomic mass is 32.2. The Kier molecular flexibility index (Phi) is 10.1. The molecule has 0 spiro atoms. The average molecular weight is 708 g/mol. The highest BCUT2D eigenvalue weighted by Crippen LogP contribution is 2.57. The van der Waals surface area contributed by atoms with E-state index in [0.717, 1.165) is 48.4 Å². The van der Waals surface area contributed by atoms with Gasteiger partial charge in [0.15, 0.2) is 5.78 Å². The molecular weight excluding hydrogens is 658 g/mol. The van der Waals surface area contributed by atoms with E-state index in [4.69, 9.17) is 9.47 Å². The fourth-order valence-corrected chi connectivity index (χ4v) is 8.88. The van der Waals surface area contributed by atoms with E-state index < -0.39 is 56.0 Å². The van der Waals surface area contributed by atoms with E-state index in [1.807, 2.05) is 32.9 Å². The monoisotopic (exact) mass is 707 g/mol. The van der Waals surface area contributed by atoms with Crippen LogP contribution < -0.4 is 9.46 Å². The Morgan fingerprint density at radius 1 is 1.12 bits per heavy atom. The molecule has 2 saturated carbocycles. The highest BCUT2D eigenvalue weighted by Gasteiger charge is 2.61. The van der Waals surface area contributed by atoms with Crippen LogP contribution >= 0.6 is 0 Å². The van der Waals surface area contributed by atoms with Gasteiger partial charge in [-0.25, -0.2) is 13.4 Å². The fraction of sp³-hybridized carbons (Fsp3) is 0.605. The van der Waals surface area contributed by atoms with Gasteiger partial charge in [0.1, 0.15) is 6.10 Å². The minimum Gasteiger partial charge on any atom is -0.472 e. The predicted molar refractivity (Wildman–Crippen MR) is 187 cm³/mol. The maximum atomic E-state index is 14.5. The second kappa shape index (κ2) is 14.1. The molecule has 6 rings (SSSR count). The molecule has 4 bridgehead atoms. The zero-order chi connectivity index (χ0) is 35.8. The van der Waals surface area contributed by atoms with Gasteiger partial charge in [0, 0.05) is 24.4 Å². The number of pyridine rings is 1. The molecular formula is C38H49N3O8S. The van der Waals surface area contributed by atoms with Crippen LogP contribution in [0.5, 0.6) is 5.88 Å². The quantitative estimate of drug-likeness (QED) is 0.308. The summed E-state index contributed by atoms with van der Waals surface area (Å²) >= 11 is 0. The third-order valence-electron chi connectivity index (χ3n) is 10.9. The molecule has 0 radical (unpaired) electrons. The standard InChI is InChI=1S/C38H49N3O8S/c1-5-26-21-38(26,36(45)40-50(46,47)28-13-14-28)22-32(42)31-19-27-23-41(31)35(44)30(37(2,3)4)20-33(43)48-17-9-7-6-8-10-24-11-12-25-15-16-39-34(49-27)29(25)18-24/h5,11-12,15-16,18,26-28,30-31H,1,6-10,13-14,17,19-23H2,2-4H3,(H,40,45)/t26-,27-,30-,31+,38-/m1/s1. The summed E-state index contributed by atoms with van der Waals surface area (Å²) in [6.07, 6.45) is 8.20. The molecule has 3 heterocycles. The SMILES string of the molecule is C=C[C@@H]1C[C@]1(CC(=O)[C@@H]1C[C@@H]2CN1C(=O)[C@H](C(C)(C)C)CC(=O)OCCCCCCc1ccc3ccnc(c3c1)O2)C(=O)NS(=O)(=O)C1CC1. The lowest BCUT2D eigenvalue weighted by Gasteiger charge is -2.34. The van der Waals surface area contributed by atoms with Crippen molar-refractivity contribution < 1.29 is 37.1 Å². The summed E-state index contributed by atoms with van der Waals surface area (Å²) in [6.45, 7) is 9.83. The Labute approximate surface area is 294 Å². The maximum absolute atomic E-state index is 14.5. The molecule has 1 aromatic carbocycles. The lowest BCUT2D eigenvalue weighted by molar-refractivity contribution is -0.153. The van der Waals surface area contributed by atoms with Gasteiger partial charge in [0.05, 0.1) is 42.2 Å². The number of aromatic nitrogens is 1. The molecule has 11 nitrogen and oxygen atoms in total. The zero-order valence-electron chi connectivity index (χ0n) is 29.3. The van der Waals surface area contributed by atoms with Gasteiger partial charge in [0.25, 0.3) is 0 Å². The number of carbonyl (C=O) groups is 4. The van der Waals surface area contributed by atoms with Crippen molar-refractivity contribution in [2.24, 2.45) is 22.7 Å². The smallest absolute Gasteiger partial charge is 0.306 e. The molecule has 5 atom stereocenters. The summed E-state index contributed by atoms with van der Waals surface area (Å²) in [6, 6.07) is 7.20. The van der Waals surface area contributed by atoms with Gasteiger partial charge in [0.2, 0.25) is 27.7 Å². The van der Waals surface area contributed by atoms with E-state index in [2.05, 4.69) is 28.4 Å². The Hall–Kier alpha value is -3.80. The van der Waals surface area contributed by atoms with Crippen molar-refractivity contribution in [2.45, 2.75) is 109 Å². The summed E-state index contributed by atoms with van der Waals surface area (Å²) < 4.78 is 39.7. The molecule has 4 aliphatic rings. The summed E-state index contributed by atoms with van der Waals surface area (Å²) in [5.41, 5.74) is -0.754. The molecule has 1 saturated heterocycles. The number of ether oxygens (including phenoxy) is 2. The van der Waals surface area contributed by atoms with Crippen LogP contribution in [-0.4, -0.2) is 72.4 Å². The van der Waals surface area contributed by atoms with Crippen LogP contribution in [0.2, 0.25) is 0 Å². The summed E-state index contributed by atoms with van der Waals surface area (Å²) in [4.78, 5) is 61.5. The van der Waals surface area contributed by atoms with Crippen molar-refractivity contribution in [3.05, 3.63) is 48.7 Å². The number of aryl methyl sites for hydroxylation is 1. The minimum atomic E-state index is -3.83. The minimum absolute atomic E-state index is 0.0781. The highest BCUT2D eigenvalue weighted by molar-refractivity contribution is 7.90. The number of nitrogens with one attached hydrogen (secondary N) is 1. The molecule has 1 N–H and O–H groups in total. The Balaban J connectivity index is 1.32. The van der Waals surface area contributed by atoms with Gasteiger partial charge < -0.3 is 14.4 Å². The normalized spacial score (nSPS) is 28.2. The first-order valence-electron chi connectivity index (χ1n) is 17.9. The van der Waals surface area contributed by atoms with Crippen LogP contribution in [0.25, 0.3) is 10.8 Å². The molecule has 1 aromatic heterocycles. The molecule has 270 valence electrons. The van der Waals surface area contributed by atoms with E-state index in [0.29, 0.717) is 18.7 Å². The Morgan fingerprint density at radius 2 is 1.88 bits per heavy atom. The van der Waals surface area contributed by atoms with E-state index in [9.17, 15) is 27.6 Å². The van der Waals surface area contributed by atoms with Gasteiger partial charge in [-0.1, -0.05) is 51.8 Å². The molecule has 2 aliphatic carbocycles. The summed E-state index contributed by atoms with van der Waals surface area (Å²) in [7, 11) is -3.83. The fourth-order valence-electron chi connectivity index (χ4n) is 7.50. The number of cyclic esters (lactones) is 1. The number of sulfonamides is 1. The number of hydrogen-bond donors (Lipinski definition) is 1. The first kappa shape index (κ1) is 36.0. The van der Waals surface area contributed by atoms with Crippen molar-refractivity contribution in [3.63, 3.8) is 0 Å². The number of allylic oxidation sites excluding steroid dienone is 1. The first-order valence-corrected chi connectivity index (χ1v) is 19.5. The second-order valence-corrected chi connectivity index (χ2v) is 17.6. The number of amides is 2. The summed E-state index contributed by atoms with van der Waals surface area (Å²) in [5, 5.41) is 1.22. The van der Waals surface area contributed by atoms with Crippen molar-refractivity contribution >= 4 is 44.4 Å². The molecule has 50 heavy (non-hydrogen) atoms. The van der Waals surface area contributed by atoms with Crippen LogP contribution in [0.15, 0.2) is 43.1 Å². The zero-order valence-corrected chi connectivity index (χ0v) is 30.1. The van der Waals surface area contributed by atoms with Gasteiger partial charge in [-0.05, 0) is 72.9 Å². The topological polar surface area (TPSA) is 149 Å². The van der Waals surface area contributed by atoms with E-state index in [1.165, 1.54) is 4.90 Å². The molecule has 2 aromatic rings. The molecule has 12 heteroatoms. The molecule has 2 amide bonds. The van der Waals surface area contributed by atoms with Crippen LogP contribution in [0, 0.1) is 22.7 Å². The third-order valence-corrected chi connectivity index (χ3v) is 12.7. The van der Waals surface area contributed by atoms with Gasteiger partial charge in [-0.3, -0.25) is 23.9 Å². The van der Waals surface area contributed by atoms with Crippen molar-refractivity contribution in [1.82, 2.24) is 14.6 Å². The lowest BCUT2D eigenvalue weighted by atomic mass is 9.77. The Bertz CT molecular complexity index is 1780. The second-order valence-electron chi connectivity index (χ2n) is 15.7. The van der Waals surface area contributed by atoms with E-state index in [-0.39, 0.29) is 56.4 Å². The summed E-state index contributed by atoms with van der Waals surface area (Å²) in [5.74, 6) is -2.64. The van der Waals surface area contributed by atoms with Crippen LogP contribution in [0.3, 0.4) is 0 Å². The Morgan fingerprint density at radius 3 is 2.58 bits per heavy atom. The number of rotatable bonds is 7. The number of Topliss-reactive ketones (excluding diaryl/α,β-unsaturated/α-hetero) is 1. The van der Waals surface area contributed by atoms with Gasteiger partial charge in [-0.2, -0.15) is 0 Å². The van der Waals surface area contributed by atoms with E-state index in [1.54, 1.807) is 12.3 Å². The van der Waals surface area contributed by atoms with Crippen LogP contribution in [-0.2, 0) is 40.4 Å². The largest absolute Gasteiger partial charge is 0.472 e. The third kappa shape index (κ3) is 7.75. The van der Waals surface area contributed by atoms with Gasteiger partial charge in [-0.15, -0.1) is 6.58 Å². The van der Waals surface area contributed by atoms with Crippen LogP contribution in [0.4, 0.5) is 0 Å². The number of ketones is 1. The van der Waals surface area contributed by atoms with Crippen molar-refractivity contribution in [2.75, 3.05) is 13.2 Å². The van der Waals surface area contributed by atoms with Crippen molar-refractivity contribution in [3.8, 4) is 5.88 Å². The average Bonchev–Trinajstić information content (AvgIpc) is 3.99. The van der Waals surface area contributed by atoms with Crippen LogP contribution in [0.1, 0.15) is 90.5 Å². The molecule has 3 fully saturated rings. The van der Waals surface area contributed by atoms with Gasteiger partial charge >= 0.3 is 5.97 Å². The molecule has 2 aliphatic heterocycles. The number of esters is 1. The number of benzene rings is 1. The number of nitrogens with zero attached hydrogens (tertiary/aromatic N) is 2.